The molecule has 2 rings (SSSR count). The molecular weight excluding hydrogens is 328 g/mol. The lowest BCUT2D eigenvalue weighted by molar-refractivity contribution is -0.189. The van der Waals surface area contributed by atoms with Crippen molar-refractivity contribution < 1.29 is 28.2 Å². The Bertz CT molecular complexity index is 540. The Morgan fingerprint density at radius 2 is 1.88 bits per heavy atom. The number of carbonyl (C=O) groups is 2. The number of hydrogen-bond donors (Lipinski definition) is 0. The highest BCUT2D eigenvalue weighted by atomic mass is 28.4. The standard InChI is InChI=1S/C17H30O6Si/c1-15(2,3)24(7,8)23-12-13(18)22-17(5,14(19)20-6)11-9-10-16(12,4)21-11/h11-12H,9-10H2,1-8H3/t11-,12+,16+,17-/m1/s1. The molecule has 6 nitrogen and oxygen atoms in total. The first-order valence-electron chi connectivity index (χ1n) is 8.44. The third-order valence-electron chi connectivity index (χ3n) is 5.82. The van der Waals surface area contributed by atoms with Gasteiger partial charge < -0.3 is 18.6 Å². The van der Waals surface area contributed by atoms with Crippen molar-refractivity contribution in [2.24, 2.45) is 0 Å². The predicted molar refractivity (Wildman–Crippen MR) is 91.1 cm³/mol. The molecule has 24 heavy (non-hydrogen) atoms. The smallest absolute Gasteiger partial charge is 0.352 e. The molecule has 0 aromatic carbocycles. The van der Waals surface area contributed by atoms with E-state index in [0.717, 1.165) is 0 Å². The summed E-state index contributed by atoms with van der Waals surface area (Å²) in [7, 11) is -0.940. The molecule has 0 saturated carbocycles. The highest BCUT2D eigenvalue weighted by molar-refractivity contribution is 6.74. The van der Waals surface area contributed by atoms with Gasteiger partial charge in [-0.1, -0.05) is 20.8 Å². The number of cyclic esters (lactones) is 1. The molecule has 0 aromatic heterocycles. The zero-order chi connectivity index (χ0) is 18.6. The van der Waals surface area contributed by atoms with Gasteiger partial charge in [-0.05, 0) is 44.8 Å². The largest absolute Gasteiger partial charge is 0.466 e. The van der Waals surface area contributed by atoms with Crippen LogP contribution in [0.4, 0.5) is 0 Å². The van der Waals surface area contributed by atoms with E-state index in [-0.39, 0.29) is 5.04 Å². The predicted octanol–water partition coefficient (Wildman–Crippen LogP) is 2.80. The molecule has 0 aliphatic carbocycles. The van der Waals surface area contributed by atoms with Crippen molar-refractivity contribution in [2.45, 2.75) is 89.0 Å². The van der Waals surface area contributed by atoms with Gasteiger partial charge in [-0.2, -0.15) is 0 Å². The van der Waals surface area contributed by atoms with Crippen molar-refractivity contribution in [3.05, 3.63) is 0 Å². The number of carbonyl (C=O) groups excluding carboxylic acids is 2. The van der Waals surface area contributed by atoms with Crippen LogP contribution in [0.2, 0.25) is 18.1 Å². The van der Waals surface area contributed by atoms with E-state index in [9.17, 15) is 9.59 Å². The molecule has 2 aliphatic heterocycles. The van der Waals surface area contributed by atoms with Crippen molar-refractivity contribution in [3.63, 3.8) is 0 Å². The Kier molecular flexibility index (Phi) is 4.70. The summed E-state index contributed by atoms with van der Waals surface area (Å²) in [6.07, 6.45) is -0.104. The average molecular weight is 359 g/mol. The minimum atomic E-state index is -2.22. The second-order valence-electron chi connectivity index (χ2n) is 8.74. The number of esters is 2. The van der Waals surface area contributed by atoms with Crippen molar-refractivity contribution in [3.8, 4) is 0 Å². The molecule has 138 valence electrons. The van der Waals surface area contributed by atoms with E-state index >= 15 is 0 Å². The second kappa shape index (κ2) is 5.81. The van der Waals surface area contributed by atoms with E-state index in [2.05, 4.69) is 33.9 Å². The van der Waals surface area contributed by atoms with E-state index in [1.807, 2.05) is 6.92 Å². The van der Waals surface area contributed by atoms with Gasteiger partial charge in [-0.25, -0.2) is 9.59 Å². The van der Waals surface area contributed by atoms with Crippen LogP contribution >= 0.6 is 0 Å². The molecule has 0 aromatic rings. The molecule has 2 aliphatic rings. The first kappa shape index (κ1) is 19.4. The summed E-state index contributed by atoms with van der Waals surface area (Å²) in [4.78, 5) is 25.1. The Morgan fingerprint density at radius 3 is 2.38 bits per heavy atom. The van der Waals surface area contributed by atoms with Crippen LogP contribution in [0.15, 0.2) is 0 Å². The maximum absolute atomic E-state index is 12.8. The van der Waals surface area contributed by atoms with Crippen LogP contribution in [0.1, 0.15) is 47.5 Å². The van der Waals surface area contributed by atoms with Crippen molar-refractivity contribution in [1.29, 1.82) is 0 Å². The summed E-state index contributed by atoms with van der Waals surface area (Å²) in [5.41, 5.74) is -2.22. The van der Waals surface area contributed by atoms with Crippen LogP contribution < -0.4 is 0 Å². The lowest BCUT2D eigenvalue weighted by Gasteiger charge is -2.42. The van der Waals surface area contributed by atoms with E-state index in [4.69, 9.17) is 18.6 Å². The normalized spacial score (nSPS) is 36.9. The zero-order valence-corrected chi connectivity index (χ0v) is 17.0. The summed E-state index contributed by atoms with van der Waals surface area (Å²) in [6, 6.07) is 0. The van der Waals surface area contributed by atoms with Crippen LogP contribution in [0.5, 0.6) is 0 Å². The molecule has 0 amide bonds. The van der Waals surface area contributed by atoms with Gasteiger partial charge in [0, 0.05) is 0 Å². The number of hydrogen-bond acceptors (Lipinski definition) is 6. The van der Waals surface area contributed by atoms with Gasteiger partial charge in [0.2, 0.25) is 5.60 Å². The van der Waals surface area contributed by atoms with Crippen LogP contribution in [0, 0.1) is 0 Å². The maximum Gasteiger partial charge on any atom is 0.352 e. The van der Waals surface area contributed by atoms with E-state index in [0.29, 0.717) is 12.8 Å². The highest BCUT2D eigenvalue weighted by Crippen LogP contribution is 2.46. The molecule has 0 unspecified atom stereocenters. The van der Waals surface area contributed by atoms with E-state index in [1.54, 1.807) is 6.92 Å². The molecule has 4 atom stereocenters. The number of ether oxygens (including phenoxy) is 3. The summed E-state index contributed by atoms with van der Waals surface area (Å²) in [6.45, 7) is 13.9. The fourth-order valence-electron chi connectivity index (χ4n) is 3.04. The Labute approximate surface area is 145 Å². The lowest BCUT2D eigenvalue weighted by Crippen LogP contribution is -2.55. The maximum atomic E-state index is 12.8. The number of fused-ring (bicyclic) bond motifs is 2. The zero-order valence-electron chi connectivity index (χ0n) is 16.0. The highest BCUT2D eigenvalue weighted by Gasteiger charge is 2.62. The molecular formula is C17H30O6Si. The van der Waals surface area contributed by atoms with Crippen LogP contribution in [-0.2, 0) is 28.2 Å². The van der Waals surface area contributed by atoms with Crippen molar-refractivity contribution in [2.75, 3.05) is 7.11 Å². The minimum absolute atomic E-state index is 0.0560. The van der Waals surface area contributed by atoms with Gasteiger partial charge in [-0.3, -0.25) is 0 Å². The molecule has 2 bridgehead atoms. The van der Waals surface area contributed by atoms with Gasteiger partial charge in [-0.15, -0.1) is 0 Å². The average Bonchev–Trinajstić information content (AvgIpc) is 2.83. The van der Waals surface area contributed by atoms with Crippen molar-refractivity contribution >= 4 is 20.3 Å². The molecule has 0 N–H and O–H groups in total. The molecule has 2 heterocycles. The SMILES string of the molecule is COC(=O)[C@]1(C)OC(=O)[C@H](O[Si](C)(C)C(C)(C)C)[C@]2(C)CC[C@H]1O2. The van der Waals surface area contributed by atoms with E-state index in [1.165, 1.54) is 7.11 Å². The fourth-order valence-corrected chi connectivity index (χ4v) is 4.33. The number of rotatable bonds is 3. The first-order valence-corrected chi connectivity index (χ1v) is 11.3. The molecule has 0 radical (unpaired) electrons. The second-order valence-corrected chi connectivity index (χ2v) is 13.5. The molecule has 0 spiro atoms. The molecule has 2 saturated heterocycles. The Morgan fingerprint density at radius 1 is 1.29 bits per heavy atom. The quantitative estimate of drug-likeness (QED) is 0.571. The third-order valence-corrected chi connectivity index (χ3v) is 10.3. The third kappa shape index (κ3) is 3.02. The van der Waals surface area contributed by atoms with Crippen LogP contribution in [0.25, 0.3) is 0 Å². The Balaban J connectivity index is 2.38. The summed E-state index contributed by atoms with van der Waals surface area (Å²) >= 11 is 0. The van der Waals surface area contributed by atoms with Crippen molar-refractivity contribution in [1.82, 2.24) is 0 Å². The fraction of sp³-hybridized carbons (Fsp3) is 0.882. The summed E-state index contributed by atoms with van der Waals surface area (Å²) in [5, 5.41) is -0.0560. The van der Waals surface area contributed by atoms with Gasteiger partial charge in [0.1, 0.15) is 11.7 Å². The van der Waals surface area contributed by atoms with Gasteiger partial charge in [0.15, 0.2) is 14.4 Å². The van der Waals surface area contributed by atoms with Gasteiger partial charge in [0.05, 0.1) is 7.11 Å². The molecule has 7 heteroatoms. The topological polar surface area (TPSA) is 71.1 Å². The first-order chi connectivity index (χ1) is 10.8. The number of methoxy groups -OCH3 is 1. The van der Waals surface area contributed by atoms with Crippen LogP contribution in [0.3, 0.4) is 0 Å². The Hall–Kier alpha value is -0.923. The van der Waals surface area contributed by atoms with Crippen LogP contribution in [-0.4, -0.2) is 50.8 Å². The monoisotopic (exact) mass is 358 g/mol. The summed E-state index contributed by atoms with van der Waals surface area (Å²) < 4.78 is 22.9. The minimum Gasteiger partial charge on any atom is -0.466 e. The summed E-state index contributed by atoms with van der Waals surface area (Å²) in [5.74, 6) is -1.14. The lowest BCUT2D eigenvalue weighted by atomic mass is 9.90. The molecule has 2 fully saturated rings. The van der Waals surface area contributed by atoms with Gasteiger partial charge in [0.25, 0.3) is 0 Å². The van der Waals surface area contributed by atoms with Gasteiger partial charge >= 0.3 is 11.9 Å². The van der Waals surface area contributed by atoms with E-state index < -0.39 is 43.7 Å².